The molecule has 2 N–H and O–H groups in total. The molecule has 0 unspecified atom stereocenters. The molecule has 24 heavy (non-hydrogen) atoms. The van der Waals surface area contributed by atoms with Gasteiger partial charge in [-0.25, -0.2) is 9.18 Å². The smallest absolute Gasteiger partial charge is 0.308 e. The van der Waals surface area contributed by atoms with Crippen LogP contribution < -0.4 is 10.6 Å². The van der Waals surface area contributed by atoms with Crippen LogP contribution in [0.5, 0.6) is 0 Å². The van der Waals surface area contributed by atoms with E-state index in [1.807, 2.05) is 31.2 Å². The lowest BCUT2D eigenvalue weighted by atomic mass is 10.1. The van der Waals surface area contributed by atoms with Crippen molar-refractivity contribution in [1.82, 2.24) is 9.78 Å². The Hall–Kier alpha value is -3.15. The molecule has 0 spiro atoms. The van der Waals surface area contributed by atoms with Gasteiger partial charge in [0.25, 0.3) is 0 Å². The first-order chi connectivity index (χ1) is 11.6. The number of carbonyl (C=O) groups excluding carboxylic acids is 1. The molecule has 0 saturated heterocycles. The number of anilines is 2. The lowest BCUT2D eigenvalue weighted by molar-refractivity contribution is 0.262. The number of amides is 2. The fourth-order valence-electron chi connectivity index (χ4n) is 2.25. The SMILES string of the molecule is Cc1ccc(Cn2cc(NC(=O)Nc3cccc(F)c3)cn2)cc1. The number of aryl methyl sites for hydroxylation is 1. The molecular weight excluding hydrogens is 307 g/mol. The van der Waals surface area contributed by atoms with Crippen LogP contribution in [0.3, 0.4) is 0 Å². The van der Waals surface area contributed by atoms with Crippen molar-refractivity contribution in [3.8, 4) is 0 Å². The molecule has 1 aromatic heterocycles. The van der Waals surface area contributed by atoms with Crippen LogP contribution in [0.25, 0.3) is 0 Å². The number of halogens is 1. The Labute approximate surface area is 139 Å². The number of rotatable bonds is 4. The van der Waals surface area contributed by atoms with Crippen LogP contribution in [-0.2, 0) is 6.54 Å². The molecule has 2 aromatic carbocycles. The maximum Gasteiger partial charge on any atom is 0.323 e. The van der Waals surface area contributed by atoms with Gasteiger partial charge in [-0.15, -0.1) is 0 Å². The van der Waals surface area contributed by atoms with Gasteiger partial charge in [0.05, 0.1) is 18.4 Å². The average molecular weight is 324 g/mol. The van der Waals surface area contributed by atoms with E-state index in [1.54, 1.807) is 23.1 Å². The van der Waals surface area contributed by atoms with Gasteiger partial charge in [0, 0.05) is 11.9 Å². The zero-order valence-electron chi connectivity index (χ0n) is 13.2. The van der Waals surface area contributed by atoms with Gasteiger partial charge in [0.1, 0.15) is 5.82 Å². The number of hydrogen-bond donors (Lipinski definition) is 2. The molecule has 0 atom stereocenters. The maximum atomic E-state index is 13.1. The van der Waals surface area contributed by atoms with E-state index in [0.29, 0.717) is 17.9 Å². The second-order valence-corrected chi connectivity index (χ2v) is 5.50. The summed E-state index contributed by atoms with van der Waals surface area (Å²) in [4.78, 5) is 11.9. The molecule has 6 heteroatoms. The number of nitrogens with zero attached hydrogens (tertiary/aromatic N) is 2. The summed E-state index contributed by atoms with van der Waals surface area (Å²) in [6.07, 6.45) is 3.31. The minimum atomic E-state index is -0.449. The third kappa shape index (κ3) is 4.19. The third-order valence-electron chi connectivity index (χ3n) is 3.44. The molecule has 3 aromatic rings. The van der Waals surface area contributed by atoms with E-state index >= 15 is 0 Å². The average Bonchev–Trinajstić information content (AvgIpc) is 2.96. The van der Waals surface area contributed by atoms with Crippen molar-refractivity contribution in [3.63, 3.8) is 0 Å². The quantitative estimate of drug-likeness (QED) is 0.761. The highest BCUT2D eigenvalue weighted by Crippen LogP contribution is 2.12. The van der Waals surface area contributed by atoms with Gasteiger partial charge in [0.2, 0.25) is 0 Å². The predicted octanol–water partition coefficient (Wildman–Crippen LogP) is 4.02. The molecule has 0 aliphatic rings. The Morgan fingerprint density at radius 2 is 1.88 bits per heavy atom. The molecular formula is C18H17FN4O. The summed E-state index contributed by atoms with van der Waals surface area (Å²) >= 11 is 0. The monoisotopic (exact) mass is 324 g/mol. The van der Waals surface area contributed by atoms with Crippen LogP contribution >= 0.6 is 0 Å². The molecule has 3 rings (SSSR count). The zero-order chi connectivity index (χ0) is 16.9. The van der Waals surface area contributed by atoms with Gasteiger partial charge >= 0.3 is 6.03 Å². The van der Waals surface area contributed by atoms with Crippen LogP contribution in [0.15, 0.2) is 60.9 Å². The van der Waals surface area contributed by atoms with E-state index in [2.05, 4.69) is 15.7 Å². The Kier molecular flexibility index (Phi) is 4.56. The van der Waals surface area contributed by atoms with Crippen molar-refractivity contribution >= 4 is 17.4 Å². The molecule has 122 valence electrons. The molecule has 0 saturated carbocycles. The summed E-state index contributed by atoms with van der Waals surface area (Å²) in [5.74, 6) is -0.404. The highest BCUT2D eigenvalue weighted by Gasteiger charge is 2.06. The number of urea groups is 1. The van der Waals surface area contributed by atoms with Crippen LogP contribution in [0, 0.1) is 12.7 Å². The Morgan fingerprint density at radius 1 is 1.12 bits per heavy atom. The molecule has 5 nitrogen and oxygen atoms in total. The number of benzene rings is 2. The summed E-state index contributed by atoms with van der Waals surface area (Å²) < 4.78 is 14.8. The summed E-state index contributed by atoms with van der Waals surface area (Å²) in [6.45, 7) is 2.66. The Balaban J connectivity index is 1.59. The summed E-state index contributed by atoms with van der Waals surface area (Å²) in [5.41, 5.74) is 3.28. The second-order valence-electron chi connectivity index (χ2n) is 5.50. The van der Waals surface area contributed by atoms with Gasteiger partial charge in [-0.05, 0) is 30.7 Å². The van der Waals surface area contributed by atoms with Gasteiger partial charge in [-0.1, -0.05) is 35.9 Å². The lowest BCUT2D eigenvalue weighted by Crippen LogP contribution is -2.19. The molecule has 0 fully saturated rings. The molecule has 0 radical (unpaired) electrons. The number of carbonyl (C=O) groups is 1. The van der Waals surface area contributed by atoms with Crippen LogP contribution in [0.4, 0.5) is 20.6 Å². The highest BCUT2D eigenvalue weighted by molar-refractivity contribution is 5.99. The standard InChI is InChI=1S/C18H17FN4O/c1-13-5-7-14(8-6-13)11-23-12-17(10-20-23)22-18(24)21-16-4-2-3-15(19)9-16/h2-10,12H,11H2,1H3,(H2,21,22,24). The first-order valence-corrected chi connectivity index (χ1v) is 7.50. The summed E-state index contributed by atoms with van der Waals surface area (Å²) in [5, 5.41) is 9.46. The maximum absolute atomic E-state index is 13.1. The minimum absolute atomic E-state index is 0.388. The van der Waals surface area contributed by atoms with E-state index < -0.39 is 11.8 Å². The largest absolute Gasteiger partial charge is 0.323 e. The number of nitrogens with one attached hydrogen (secondary N) is 2. The van der Waals surface area contributed by atoms with Crippen molar-refractivity contribution in [2.75, 3.05) is 10.6 Å². The number of aromatic nitrogens is 2. The summed E-state index contributed by atoms with van der Waals surface area (Å²) in [7, 11) is 0. The van der Waals surface area contributed by atoms with Crippen molar-refractivity contribution in [3.05, 3.63) is 77.9 Å². The van der Waals surface area contributed by atoms with Crippen molar-refractivity contribution < 1.29 is 9.18 Å². The van der Waals surface area contributed by atoms with Gasteiger partial charge in [-0.2, -0.15) is 5.10 Å². The van der Waals surface area contributed by atoms with Gasteiger partial charge < -0.3 is 10.6 Å². The normalized spacial score (nSPS) is 10.4. The molecule has 0 bridgehead atoms. The second kappa shape index (κ2) is 6.95. The highest BCUT2D eigenvalue weighted by atomic mass is 19.1. The van der Waals surface area contributed by atoms with Crippen LogP contribution in [-0.4, -0.2) is 15.8 Å². The predicted molar refractivity (Wildman–Crippen MR) is 91.5 cm³/mol. The fourth-order valence-corrected chi connectivity index (χ4v) is 2.25. The summed E-state index contributed by atoms with van der Waals surface area (Å²) in [6, 6.07) is 13.4. The third-order valence-corrected chi connectivity index (χ3v) is 3.44. The van der Waals surface area contributed by atoms with Crippen molar-refractivity contribution in [2.24, 2.45) is 0 Å². The lowest BCUT2D eigenvalue weighted by Gasteiger charge is -2.06. The number of hydrogen-bond acceptors (Lipinski definition) is 2. The van der Waals surface area contributed by atoms with E-state index in [4.69, 9.17) is 0 Å². The first-order valence-electron chi connectivity index (χ1n) is 7.50. The molecule has 2 amide bonds. The van der Waals surface area contributed by atoms with E-state index in [-0.39, 0.29) is 0 Å². The topological polar surface area (TPSA) is 59.0 Å². The first kappa shape index (κ1) is 15.7. The van der Waals surface area contributed by atoms with Crippen molar-refractivity contribution in [1.29, 1.82) is 0 Å². The molecule has 0 aliphatic heterocycles. The van der Waals surface area contributed by atoms with Gasteiger partial charge in [-0.3, -0.25) is 4.68 Å². The Morgan fingerprint density at radius 3 is 2.62 bits per heavy atom. The minimum Gasteiger partial charge on any atom is -0.308 e. The Bertz CT molecular complexity index is 842. The van der Waals surface area contributed by atoms with Crippen molar-refractivity contribution in [2.45, 2.75) is 13.5 Å². The van der Waals surface area contributed by atoms with E-state index in [1.165, 1.54) is 23.8 Å². The fraction of sp³-hybridized carbons (Fsp3) is 0.111. The van der Waals surface area contributed by atoms with E-state index in [0.717, 1.165) is 5.56 Å². The molecule has 0 aliphatic carbocycles. The van der Waals surface area contributed by atoms with Crippen LogP contribution in [0.1, 0.15) is 11.1 Å². The van der Waals surface area contributed by atoms with Gasteiger partial charge in [0.15, 0.2) is 0 Å². The zero-order valence-corrected chi connectivity index (χ0v) is 13.2. The van der Waals surface area contributed by atoms with Crippen LogP contribution in [0.2, 0.25) is 0 Å². The van der Waals surface area contributed by atoms with E-state index in [9.17, 15) is 9.18 Å². The molecule has 1 heterocycles.